The van der Waals surface area contributed by atoms with E-state index in [0.29, 0.717) is 79.3 Å². The zero-order chi connectivity index (χ0) is 86.4. The van der Waals surface area contributed by atoms with Gasteiger partial charge in [-0.1, -0.05) is 462 Å². The quantitative estimate of drug-likeness (QED) is 0.0249. The van der Waals surface area contributed by atoms with Crippen molar-refractivity contribution in [2.75, 3.05) is 79.3 Å². The fourth-order valence-corrected chi connectivity index (χ4v) is 20.9. The molecule has 0 aliphatic heterocycles. The maximum absolute atomic E-state index is 5.56. The molecule has 0 saturated heterocycles. The van der Waals surface area contributed by atoms with Crippen molar-refractivity contribution >= 4 is 178 Å². The van der Waals surface area contributed by atoms with Crippen LogP contribution < -0.4 is 0 Å². The minimum Gasteiger partial charge on any atom is -0.691 e. The topological polar surface area (TPSA) is 111 Å². The van der Waals surface area contributed by atoms with Crippen molar-refractivity contribution in [2.24, 2.45) is 0 Å². The van der Waals surface area contributed by atoms with Crippen LogP contribution in [0.5, 0.6) is 0 Å². The Morgan fingerprint density at radius 3 is 0.252 bits per heavy atom. The maximum Gasteiger partial charge on any atom is 6.00 e. The number of unbranched alkanes of at least 4 members (excludes halogenated alkanes) is 48. The molecule has 31 heteroatoms. The molecule has 0 aromatic rings. The van der Waals surface area contributed by atoms with Gasteiger partial charge in [-0.05, 0) is 77.0 Å². The molecule has 0 saturated carbocycles. The SMILES string of the molecule is CCCCCCCOP(=S)([S-])OCCCCCCC.CCCCCCCOP(=S)([S-])OCCCCCCC.CCCCCCCOP(=S)([S-])OCCCCCCC.CCCCCCCOP(=S)([S-])OCCCCCCC.CCCCCCCOP(=S)([S-])OCCCCCCC.CCCCCCCOP(=S)([S-])OCCCCCCC.[Mo+6]. The first kappa shape index (κ1) is 134. The summed E-state index contributed by atoms with van der Waals surface area (Å²) in [5, 5.41) is 0. The zero-order valence-electron chi connectivity index (χ0n) is 75.8. The molecule has 12 nitrogen and oxygen atoms in total. The first-order valence-corrected chi connectivity index (χ1v) is 68.2. The minimum atomic E-state index is -2.39. The average Bonchev–Trinajstić information content (AvgIpc) is 0.980. The second-order valence-electron chi connectivity index (χ2n) is 29.7. The molecule has 0 rings (SSSR count). The third kappa shape index (κ3) is 129. The van der Waals surface area contributed by atoms with Gasteiger partial charge >= 0.3 is 21.1 Å². The van der Waals surface area contributed by atoms with Gasteiger partial charge in [0.05, 0.1) is 113 Å². The van der Waals surface area contributed by atoms with Gasteiger partial charge in [-0.3, -0.25) is 0 Å². The molecular weight excluding hydrogens is 1870 g/mol. The Morgan fingerprint density at radius 1 is 0.130 bits per heavy atom. The Hall–Kier alpha value is 6.21. The van der Waals surface area contributed by atoms with Crippen LogP contribution in [0.3, 0.4) is 0 Å². The second-order valence-corrected chi connectivity index (χ2v) is 59.6. The molecule has 0 aromatic heterocycles. The average molecular weight is 2050 g/mol. The van der Waals surface area contributed by atoms with E-state index in [2.05, 4.69) is 83.1 Å². The molecule has 0 aromatic carbocycles. The van der Waals surface area contributed by atoms with Crippen LogP contribution in [0.15, 0.2) is 0 Å². The van der Waals surface area contributed by atoms with E-state index >= 15 is 0 Å². The molecule has 0 radical (unpaired) electrons. The summed E-state index contributed by atoms with van der Waals surface area (Å²) in [7, 11) is 0. The Labute approximate surface area is 793 Å². The number of rotatable bonds is 84. The van der Waals surface area contributed by atoms with Crippen LogP contribution in [-0.4, -0.2) is 79.3 Å². The first-order valence-electron chi connectivity index (χ1n) is 46.3. The summed E-state index contributed by atoms with van der Waals surface area (Å²) in [6.45, 7) is 34.6. The third-order valence-electron chi connectivity index (χ3n) is 18.0. The van der Waals surface area contributed by atoms with Gasteiger partial charge in [0, 0.05) is 0 Å². The van der Waals surface area contributed by atoms with Crippen LogP contribution in [0, 0.1) is 0 Å². The summed E-state index contributed by atoms with van der Waals surface area (Å²) in [5.74, 6) is 0. The Balaban J connectivity index is -0.000000243. The fourth-order valence-electron chi connectivity index (χ4n) is 10.8. The van der Waals surface area contributed by atoms with E-state index in [9.17, 15) is 0 Å². The zero-order valence-corrected chi connectivity index (χ0v) is 93.0. The molecule has 0 bridgehead atoms. The van der Waals surface area contributed by atoms with Crippen molar-refractivity contribution in [1.29, 1.82) is 0 Å². The predicted octanol–water partition coefficient (Wildman–Crippen LogP) is 34.4. The van der Waals surface area contributed by atoms with Crippen LogP contribution >= 0.6 is 34.2 Å². The minimum absolute atomic E-state index is 0. The molecule has 0 aliphatic rings. The van der Waals surface area contributed by atoms with Gasteiger partial charge < -0.3 is 128 Å². The van der Waals surface area contributed by atoms with Gasteiger partial charge in [-0.2, -0.15) is 0 Å². The van der Waals surface area contributed by atoms with Crippen molar-refractivity contribution in [2.45, 2.75) is 468 Å². The summed E-state index contributed by atoms with van der Waals surface area (Å²) >= 11 is 62.7. The molecule has 0 aliphatic carbocycles. The molecule has 115 heavy (non-hydrogen) atoms. The fraction of sp³-hybridized carbons (Fsp3) is 1.00. The van der Waals surface area contributed by atoms with Gasteiger partial charge in [0.15, 0.2) is 0 Å². The molecular formula is C84H180MoO12P6S12. The van der Waals surface area contributed by atoms with E-state index in [1.165, 1.54) is 308 Å². The summed E-state index contributed by atoms with van der Waals surface area (Å²) in [4.78, 5) is 0. The molecule has 0 atom stereocenters. The van der Waals surface area contributed by atoms with E-state index in [-0.39, 0.29) is 21.1 Å². The number of hydrogen-bond donors (Lipinski definition) is 0. The maximum atomic E-state index is 5.56. The summed E-state index contributed by atoms with van der Waals surface area (Å²) in [6, 6.07) is 0. The van der Waals surface area contributed by atoms with Crippen molar-refractivity contribution in [3.8, 4) is 0 Å². The van der Waals surface area contributed by atoms with E-state index < -0.39 is 34.2 Å². The Morgan fingerprint density at radius 2 is 0.191 bits per heavy atom. The molecule has 0 fully saturated rings. The van der Waals surface area contributed by atoms with Gasteiger partial charge in [0.25, 0.3) is 0 Å². The van der Waals surface area contributed by atoms with Crippen molar-refractivity contribution in [3.05, 3.63) is 0 Å². The van der Waals surface area contributed by atoms with Crippen LogP contribution in [-0.2, 0) is 220 Å². The number of hydrogen-bond acceptors (Lipinski definition) is 24. The molecule has 0 amide bonds. The smallest absolute Gasteiger partial charge is 0.691 e. The molecule has 0 heterocycles. The molecule has 0 unspecified atom stereocenters. The summed E-state index contributed by atoms with van der Waals surface area (Å²) < 4.78 is 66.7. The largest absolute Gasteiger partial charge is 6.00 e. The van der Waals surface area contributed by atoms with Gasteiger partial charge in [0.2, 0.25) is 0 Å². The Bertz CT molecular complexity index is 1690. The van der Waals surface area contributed by atoms with Gasteiger partial charge in [-0.25, -0.2) is 0 Å². The van der Waals surface area contributed by atoms with E-state index in [0.717, 1.165) is 77.0 Å². The van der Waals surface area contributed by atoms with Crippen molar-refractivity contribution < 1.29 is 75.4 Å². The monoisotopic (exact) mass is 2050 g/mol. The van der Waals surface area contributed by atoms with E-state index in [1.807, 2.05) is 0 Å². The third-order valence-corrected chi connectivity index (χ3v) is 31.5. The normalized spacial score (nSPS) is 11.8. The molecule has 0 N–H and O–H groups in total. The van der Waals surface area contributed by atoms with E-state index in [4.69, 9.17) is 199 Å². The van der Waals surface area contributed by atoms with Gasteiger partial charge in [-0.15, -0.1) is 0 Å². The summed E-state index contributed by atoms with van der Waals surface area (Å²) in [5.41, 5.74) is -14.3. The van der Waals surface area contributed by atoms with Crippen molar-refractivity contribution in [1.82, 2.24) is 0 Å². The Kier molecular flexibility index (Phi) is 125. The van der Waals surface area contributed by atoms with Crippen molar-refractivity contribution in [3.63, 3.8) is 0 Å². The van der Waals surface area contributed by atoms with E-state index in [1.54, 1.807) is 0 Å². The van der Waals surface area contributed by atoms with Crippen LogP contribution in [0.2, 0.25) is 0 Å². The first-order chi connectivity index (χ1) is 54.7. The predicted molar refractivity (Wildman–Crippen MR) is 546 cm³/mol. The van der Waals surface area contributed by atoms with Crippen LogP contribution in [0.25, 0.3) is 0 Å². The second kappa shape index (κ2) is 107. The van der Waals surface area contributed by atoms with Gasteiger partial charge in [0.1, 0.15) is 0 Å². The standard InChI is InChI=1S/6C14H31O2PS2.Mo/c6*1-3-5-7-9-11-13-15-17(18,19)16-14-12-10-8-6-4-2;/h6*3-14H2,1-2H3,(H,18,19);/q;;;;;;+6/p-6. The van der Waals surface area contributed by atoms with Crippen LogP contribution in [0.1, 0.15) is 468 Å². The molecule has 696 valence electrons. The molecule has 0 spiro atoms. The summed E-state index contributed by atoms with van der Waals surface area (Å²) in [6.07, 6.45) is 73.2. The van der Waals surface area contributed by atoms with Crippen LogP contribution in [0.4, 0.5) is 0 Å².